The summed E-state index contributed by atoms with van der Waals surface area (Å²) in [4.78, 5) is 0. The Balaban J connectivity index is 2.91. The summed E-state index contributed by atoms with van der Waals surface area (Å²) in [6.45, 7) is -0.00926. The van der Waals surface area contributed by atoms with Crippen LogP contribution in [0.2, 0.25) is 5.02 Å². The average Bonchev–Trinajstić information content (AvgIpc) is 2.07. The van der Waals surface area contributed by atoms with E-state index in [2.05, 4.69) is 4.72 Å². The molecule has 0 saturated carbocycles. The van der Waals surface area contributed by atoms with Crippen molar-refractivity contribution >= 4 is 27.3 Å². The SMILES string of the molecule is CS(=O)(=O)NCc1cc(Cl)c(F)cc1N. The number of anilines is 1. The van der Waals surface area contributed by atoms with Crippen molar-refractivity contribution in [2.24, 2.45) is 0 Å². The van der Waals surface area contributed by atoms with E-state index in [-0.39, 0.29) is 17.3 Å². The molecule has 0 spiro atoms. The molecule has 0 unspecified atom stereocenters. The van der Waals surface area contributed by atoms with Gasteiger partial charge < -0.3 is 5.73 Å². The van der Waals surface area contributed by atoms with Crippen LogP contribution in [0, 0.1) is 5.82 Å². The number of rotatable bonds is 3. The molecule has 0 amide bonds. The molecule has 0 fully saturated rings. The second-order valence-corrected chi connectivity index (χ2v) is 5.30. The molecule has 0 aromatic heterocycles. The normalized spacial score (nSPS) is 11.7. The lowest BCUT2D eigenvalue weighted by Gasteiger charge is -2.07. The Hall–Kier alpha value is -0.850. The number of halogens is 2. The minimum Gasteiger partial charge on any atom is -0.398 e. The van der Waals surface area contributed by atoms with Crippen LogP contribution in [0.4, 0.5) is 10.1 Å². The maximum Gasteiger partial charge on any atom is 0.209 e. The molecule has 7 heteroatoms. The smallest absolute Gasteiger partial charge is 0.209 e. The number of nitrogens with one attached hydrogen (secondary N) is 1. The molecule has 1 aromatic rings. The molecule has 1 rings (SSSR count). The van der Waals surface area contributed by atoms with Gasteiger partial charge in [-0.15, -0.1) is 0 Å². The van der Waals surface area contributed by atoms with Gasteiger partial charge in [-0.05, 0) is 17.7 Å². The third-order valence-electron chi connectivity index (χ3n) is 1.71. The number of hydrogen-bond acceptors (Lipinski definition) is 3. The largest absolute Gasteiger partial charge is 0.398 e. The molecule has 0 aliphatic heterocycles. The quantitative estimate of drug-likeness (QED) is 0.792. The zero-order chi connectivity index (χ0) is 11.6. The van der Waals surface area contributed by atoms with Crippen molar-refractivity contribution in [1.29, 1.82) is 0 Å². The summed E-state index contributed by atoms with van der Waals surface area (Å²) in [6.07, 6.45) is 1.02. The van der Waals surface area contributed by atoms with Gasteiger partial charge in [0.2, 0.25) is 10.0 Å². The number of nitrogen functional groups attached to an aromatic ring is 1. The maximum absolute atomic E-state index is 12.9. The molecule has 0 bridgehead atoms. The predicted molar refractivity (Wildman–Crippen MR) is 57.5 cm³/mol. The van der Waals surface area contributed by atoms with E-state index in [1.165, 1.54) is 6.07 Å². The molecular formula is C8H10ClFN2O2S. The zero-order valence-corrected chi connectivity index (χ0v) is 9.49. The summed E-state index contributed by atoms with van der Waals surface area (Å²) < 4.78 is 36.7. The highest BCUT2D eigenvalue weighted by molar-refractivity contribution is 7.88. The Bertz CT molecular complexity index is 476. The lowest BCUT2D eigenvalue weighted by Crippen LogP contribution is -2.21. The van der Waals surface area contributed by atoms with Crippen LogP contribution in [0.25, 0.3) is 0 Å². The van der Waals surface area contributed by atoms with Crippen molar-refractivity contribution in [2.75, 3.05) is 12.0 Å². The highest BCUT2D eigenvalue weighted by Gasteiger charge is 2.08. The fourth-order valence-electron chi connectivity index (χ4n) is 0.965. The minimum absolute atomic E-state index is 0.00926. The van der Waals surface area contributed by atoms with Crippen molar-refractivity contribution < 1.29 is 12.8 Å². The van der Waals surface area contributed by atoms with Gasteiger partial charge >= 0.3 is 0 Å². The molecule has 1 aromatic carbocycles. The Labute approximate surface area is 92.3 Å². The summed E-state index contributed by atoms with van der Waals surface area (Å²) >= 11 is 5.53. The fraction of sp³-hybridized carbons (Fsp3) is 0.250. The van der Waals surface area contributed by atoms with Gasteiger partial charge in [0.05, 0.1) is 11.3 Å². The van der Waals surface area contributed by atoms with Crippen LogP contribution >= 0.6 is 11.6 Å². The molecule has 0 aliphatic carbocycles. The number of hydrogen-bond donors (Lipinski definition) is 2. The second kappa shape index (κ2) is 4.34. The maximum atomic E-state index is 12.9. The Morgan fingerprint density at radius 1 is 1.53 bits per heavy atom. The van der Waals surface area contributed by atoms with Gasteiger partial charge in [-0.1, -0.05) is 11.6 Å². The van der Waals surface area contributed by atoms with Crippen LogP contribution in [-0.2, 0) is 16.6 Å². The van der Waals surface area contributed by atoms with Crippen molar-refractivity contribution in [2.45, 2.75) is 6.54 Å². The van der Waals surface area contributed by atoms with E-state index in [1.807, 2.05) is 0 Å². The van der Waals surface area contributed by atoms with Gasteiger partial charge in [0.25, 0.3) is 0 Å². The van der Waals surface area contributed by atoms with Gasteiger partial charge in [-0.25, -0.2) is 17.5 Å². The van der Waals surface area contributed by atoms with E-state index in [4.69, 9.17) is 17.3 Å². The summed E-state index contributed by atoms with van der Waals surface area (Å²) in [5.41, 5.74) is 6.08. The first-order chi connectivity index (χ1) is 6.79. The summed E-state index contributed by atoms with van der Waals surface area (Å²) in [5.74, 6) is -0.628. The summed E-state index contributed by atoms with van der Waals surface area (Å²) in [5, 5.41) is -0.0884. The second-order valence-electron chi connectivity index (χ2n) is 3.06. The summed E-state index contributed by atoms with van der Waals surface area (Å²) in [7, 11) is -3.30. The number of nitrogens with two attached hydrogens (primary N) is 1. The van der Waals surface area contributed by atoms with Crippen LogP contribution < -0.4 is 10.5 Å². The van der Waals surface area contributed by atoms with Crippen LogP contribution in [0.15, 0.2) is 12.1 Å². The molecule has 0 radical (unpaired) electrons. The first kappa shape index (κ1) is 12.2. The van der Waals surface area contributed by atoms with Crippen molar-refractivity contribution in [3.05, 3.63) is 28.5 Å². The third-order valence-corrected chi connectivity index (χ3v) is 2.67. The monoisotopic (exact) mass is 252 g/mol. The molecule has 0 heterocycles. The molecular weight excluding hydrogens is 243 g/mol. The Morgan fingerprint density at radius 2 is 2.13 bits per heavy atom. The predicted octanol–water partition coefficient (Wildman–Crippen LogP) is 1.11. The van der Waals surface area contributed by atoms with E-state index in [1.54, 1.807) is 0 Å². The van der Waals surface area contributed by atoms with Gasteiger partial charge in [0, 0.05) is 12.2 Å². The first-order valence-corrected chi connectivity index (χ1v) is 6.24. The van der Waals surface area contributed by atoms with Crippen molar-refractivity contribution in [3.8, 4) is 0 Å². The van der Waals surface area contributed by atoms with E-state index < -0.39 is 15.8 Å². The molecule has 4 nitrogen and oxygen atoms in total. The molecule has 0 atom stereocenters. The minimum atomic E-state index is -3.30. The zero-order valence-electron chi connectivity index (χ0n) is 7.92. The number of sulfonamides is 1. The highest BCUT2D eigenvalue weighted by Crippen LogP contribution is 2.21. The van der Waals surface area contributed by atoms with Crippen molar-refractivity contribution in [1.82, 2.24) is 4.72 Å². The van der Waals surface area contributed by atoms with Gasteiger partial charge in [-0.2, -0.15) is 0 Å². The topological polar surface area (TPSA) is 72.2 Å². The van der Waals surface area contributed by atoms with Gasteiger partial charge in [0.15, 0.2) is 0 Å². The molecule has 3 N–H and O–H groups in total. The third kappa shape index (κ3) is 3.65. The Kier molecular flexibility index (Phi) is 3.54. The lowest BCUT2D eigenvalue weighted by atomic mass is 10.2. The van der Waals surface area contributed by atoms with E-state index >= 15 is 0 Å². The molecule has 84 valence electrons. The van der Waals surface area contributed by atoms with Crippen LogP contribution in [0.1, 0.15) is 5.56 Å². The van der Waals surface area contributed by atoms with Crippen LogP contribution in [0.5, 0.6) is 0 Å². The van der Waals surface area contributed by atoms with Crippen molar-refractivity contribution in [3.63, 3.8) is 0 Å². The van der Waals surface area contributed by atoms with E-state index in [9.17, 15) is 12.8 Å². The number of benzene rings is 1. The lowest BCUT2D eigenvalue weighted by molar-refractivity contribution is 0.587. The first-order valence-electron chi connectivity index (χ1n) is 3.97. The van der Waals surface area contributed by atoms with Crippen LogP contribution in [-0.4, -0.2) is 14.7 Å². The fourth-order valence-corrected chi connectivity index (χ4v) is 1.57. The standard InChI is InChI=1S/C8H10ClFN2O2S/c1-15(13,14)12-4-5-2-6(9)7(10)3-8(5)11/h2-3,12H,4,11H2,1H3. The molecule has 0 saturated heterocycles. The average molecular weight is 253 g/mol. The van der Waals surface area contributed by atoms with E-state index in [0.29, 0.717) is 5.56 Å². The van der Waals surface area contributed by atoms with Gasteiger partial charge in [0.1, 0.15) is 5.82 Å². The van der Waals surface area contributed by atoms with Crippen LogP contribution in [0.3, 0.4) is 0 Å². The highest BCUT2D eigenvalue weighted by atomic mass is 35.5. The molecule has 15 heavy (non-hydrogen) atoms. The van der Waals surface area contributed by atoms with Gasteiger partial charge in [-0.3, -0.25) is 0 Å². The Morgan fingerprint density at radius 3 is 2.67 bits per heavy atom. The molecule has 0 aliphatic rings. The van der Waals surface area contributed by atoms with E-state index in [0.717, 1.165) is 12.3 Å². The summed E-state index contributed by atoms with van der Waals surface area (Å²) in [6, 6.07) is 2.35.